The summed E-state index contributed by atoms with van der Waals surface area (Å²) >= 11 is 3.36. The summed E-state index contributed by atoms with van der Waals surface area (Å²) in [5.41, 5.74) is 1.85. The molecule has 0 atom stereocenters. The van der Waals surface area contributed by atoms with Gasteiger partial charge in [-0.2, -0.15) is 0 Å². The van der Waals surface area contributed by atoms with Crippen LogP contribution in [0.1, 0.15) is 23.0 Å². The molecule has 100 valence electrons. The molecule has 0 saturated carbocycles. The molecule has 2 N–H and O–H groups in total. The number of phenolic OH excluding ortho intramolecular Hbond substituents is 1. The molecule has 4 nitrogen and oxygen atoms in total. The van der Waals surface area contributed by atoms with Gasteiger partial charge in [-0.15, -0.1) is 0 Å². The molecule has 0 aliphatic rings. The summed E-state index contributed by atoms with van der Waals surface area (Å²) in [6, 6.07) is 6.83. The lowest BCUT2D eigenvalue weighted by Crippen LogP contribution is -2.16. The monoisotopic (exact) mass is 322 g/mol. The maximum atomic E-state index is 12.2. The van der Waals surface area contributed by atoms with Crippen molar-refractivity contribution in [3.63, 3.8) is 0 Å². The first-order valence-electron chi connectivity index (χ1n) is 5.98. The number of hydrogen-bond donors (Lipinski definition) is 2. The van der Waals surface area contributed by atoms with Gasteiger partial charge in [-0.3, -0.25) is 4.79 Å². The lowest BCUT2D eigenvalue weighted by molar-refractivity contribution is 0.101. The van der Waals surface area contributed by atoms with Gasteiger partial charge in [0.1, 0.15) is 11.4 Å². The molecule has 0 spiro atoms. The molecule has 2 rings (SSSR count). The van der Waals surface area contributed by atoms with Crippen LogP contribution in [0.25, 0.3) is 0 Å². The Hall–Kier alpha value is -1.75. The molecular formula is C14H15BrN2O2. The van der Waals surface area contributed by atoms with Gasteiger partial charge in [-0.05, 0) is 48.0 Å². The predicted molar refractivity (Wildman–Crippen MR) is 78.6 cm³/mol. The average molecular weight is 323 g/mol. The van der Waals surface area contributed by atoms with E-state index in [1.807, 2.05) is 17.7 Å². The van der Waals surface area contributed by atoms with Gasteiger partial charge in [-0.1, -0.05) is 6.07 Å². The Morgan fingerprint density at radius 1 is 1.47 bits per heavy atom. The normalized spacial score (nSPS) is 10.5. The number of aromatic hydroxyl groups is 1. The van der Waals surface area contributed by atoms with Crippen LogP contribution in [0.4, 0.5) is 5.69 Å². The molecule has 5 heteroatoms. The first-order valence-corrected chi connectivity index (χ1v) is 6.77. The van der Waals surface area contributed by atoms with Crippen molar-refractivity contribution in [2.24, 2.45) is 0 Å². The van der Waals surface area contributed by atoms with Gasteiger partial charge in [0.05, 0.1) is 0 Å². The van der Waals surface area contributed by atoms with E-state index in [0.717, 1.165) is 4.47 Å². The Balaban J connectivity index is 2.28. The molecule has 0 aliphatic heterocycles. The third-order valence-electron chi connectivity index (χ3n) is 2.99. The smallest absolute Gasteiger partial charge is 0.272 e. The van der Waals surface area contributed by atoms with Crippen molar-refractivity contribution >= 4 is 27.5 Å². The van der Waals surface area contributed by atoms with Gasteiger partial charge >= 0.3 is 0 Å². The van der Waals surface area contributed by atoms with Crippen LogP contribution in [0.3, 0.4) is 0 Å². The number of benzene rings is 1. The Labute approximate surface area is 120 Å². The van der Waals surface area contributed by atoms with Crippen molar-refractivity contribution in [1.82, 2.24) is 4.57 Å². The Morgan fingerprint density at radius 3 is 2.89 bits per heavy atom. The van der Waals surface area contributed by atoms with Crippen LogP contribution in [-0.4, -0.2) is 15.6 Å². The molecule has 0 saturated heterocycles. The van der Waals surface area contributed by atoms with Gasteiger partial charge in [0.2, 0.25) is 0 Å². The summed E-state index contributed by atoms with van der Waals surface area (Å²) in [7, 11) is 0. The van der Waals surface area contributed by atoms with E-state index in [4.69, 9.17) is 0 Å². The molecule has 0 aliphatic carbocycles. The van der Waals surface area contributed by atoms with Gasteiger partial charge in [0, 0.05) is 28.5 Å². The Kier molecular flexibility index (Phi) is 3.95. The quantitative estimate of drug-likeness (QED) is 0.908. The van der Waals surface area contributed by atoms with E-state index in [1.165, 1.54) is 0 Å². The number of carbonyl (C=O) groups is 1. The van der Waals surface area contributed by atoms with Crippen molar-refractivity contribution in [2.75, 3.05) is 5.32 Å². The SMILES string of the molecule is CCn1cc(Br)cc1C(=O)Nc1cccc(O)c1C. The van der Waals surface area contributed by atoms with E-state index in [9.17, 15) is 9.90 Å². The van der Waals surface area contributed by atoms with E-state index in [-0.39, 0.29) is 11.7 Å². The minimum absolute atomic E-state index is 0.171. The molecule has 0 fully saturated rings. The summed E-state index contributed by atoms with van der Waals surface area (Å²) in [6.45, 7) is 4.45. The molecule has 0 bridgehead atoms. The summed E-state index contributed by atoms with van der Waals surface area (Å²) in [5.74, 6) is -0.0221. The third kappa shape index (κ3) is 2.81. The molecule has 0 unspecified atom stereocenters. The summed E-state index contributed by atoms with van der Waals surface area (Å²) in [6.07, 6.45) is 1.87. The van der Waals surface area contributed by atoms with Crippen LogP contribution in [-0.2, 0) is 6.54 Å². The number of phenols is 1. The molecule has 19 heavy (non-hydrogen) atoms. The number of nitrogens with zero attached hydrogens (tertiary/aromatic N) is 1. The zero-order valence-corrected chi connectivity index (χ0v) is 12.4. The fourth-order valence-electron chi connectivity index (χ4n) is 1.87. The highest BCUT2D eigenvalue weighted by Gasteiger charge is 2.14. The van der Waals surface area contributed by atoms with Crippen LogP contribution >= 0.6 is 15.9 Å². The fraction of sp³-hybridized carbons (Fsp3) is 0.214. The largest absolute Gasteiger partial charge is 0.508 e. The maximum absolute atomic E-state index is 12.2. The van der Waals surface area contributed by atoms with E-state index in [1.54, 1.807) is 31.2 Å². The zero-order chi connectivity index (χ0) is 14.0. The number of aromatic nitrogens is 1. The second-order valence-electron chi connectivity index (χ2n) is 4.23. The van der Waals surface area contributed by atoms with E-state index < -0.39 is 0 Å². The van der Waals surface area contributed by atoms with Gasteiger partial charge in [0.15, 0.2) is 0 Å². The number of nitrogens with one attached hydrogen (secondary N) is 1. The summed E-state index contributed by atoms with van der Waals surface area (Å²) in [5, 5.41) is 12.4. The van der Waals surface area contributed by atoms with Crippen LogP contribution < -0.4 is 5.32 Å². The molecule has 2 aromatic rings. The first kappa shape index (κ1) is 13.7. The zero-order valence-electron chi connectivity index (χ0n) is 10.8. The van der Waals surface area contributed by atoms with Crippen molar-refractivity contribution in [3.05, 3.63) is 46.2 Å². The maximum Gasteiger partial charge on any atom is 0.272 e. The lowest BCUT2D eigenvalue weighted by Gasteiger charge is -2.10. The van der Waals surface area contributed by atoms with Crippen LogP contribution in [0.5, 0.6) is 5.75 Å². The highest BCUT2D eigenvalue weighted by atomic mass is 79.9. The van der Waals surface area contributed by atoms with E-state index in [0.29, 0.717) is 23.5 Å². The number of aryl methyl sites for hydroxylation is 1. The Morgan fingerprint density at radius 2 is 2.21 bits per heavy atom. The van der Waals surface area contributed by atoms with Crippen LogP contribution in [0, 0.1) is 6.92 Å². The Bertz CT molecular complexity index is 620. The predicted octanol–water partition coefficient (Wildman–Crippen LogP) is 3.54. The number of hydrogen-bond acceptors (Lipinski definition) is 2. The second-order valence-corrected chi connectivity index (χ2v) is 5.15. The summed E-state index contributed by atoms with van der Waals surface area (Å²) in [4.78, 5) is 12.2. The number of carbonyl (C=O) groups excluding carboxylic acids is 1. The lowest BCUT2D eigenvalue weighted by atomic mass is 10.2. The van der Waals surface area contributed by atoms with Crippen molar-refractivity contribution in [3.8, 4) is 5.75 Å². The van der Waals surface area contributed by atoms with Crippen LogP contribution in [0.2, 0.25) is 0 Å². The first-order chi connectivity index (χ1) is 9.02. The van der Waals surface area contributed by atoms with E-state index >= 15 is 0 Å². The molecular weight excluding hydrogens is 308 g/mol. The molecule has 1 aromatic heterocycles. The third-order valence-corrected chi connectivity index (χ3v) is 3.42. The molecule has 1 aromatic carbocycles. The molecule has 1 heterocycles. The number of amides is 1. The van der Waals surface area contributed by atoms with Crippen molar-refractivity contribution in [2.45, 2.75) is 20.4 Å². The standard InChI is InChI=1S/C14H15BrN2O2/c1-3-17-8-10(15)7-12(17)14(19)16-11-5-4-6-13(18)9(11)2/h4-8,18H,3H2,1-2H3,(H,16,19). The van der Waals surface area contributed by atoms with Gasteiger partial charge in [0.25, 0.3) is 5.91 Å². The highest BCUT2D eigenvalue weighted by Crippen LogP contribution is 2.25. The fourth-order valence-corrected chi connectivity index (χ4v) is 2.34. The van der Waals surface area contributed by atoms with Crippen molar-refractivity contribution < 1.29 is 9.90 Å². The highest BCUT2D eigenvalue weighted by molar-refractivity contribution is 9.10. The molecule has 1 amide bonds. The number of halogens is 1. The topological polar surface area (TPSA) is 54.3 Å². The minimum atomic E-state index is -0.193. The number of rotatable bonds is 3. The number of anilines is 1. The average Bonchev–Trinajstić information content (AvgIpc) is 2.76. The second kappa shape index (κ2) is 5.48. The summed E-state index contributed by atoms with van der Waals surface area (Å²) < 4.78 is 2.73. The minimum Gasteiger partial charge on any atom is -0.508 e. The molecule has 0 radical (unpaired) electrons. The van der Waals surface area contributed by atoms with Crippen molar-refractivity contribution in [1.29, 1.82) is 0 Å². The van der Waals surface area contributed by atoms with Gasteiger partial charge in [-0.25, -0.2) is 0 Å². The van der Waals surface area contributed by atoms with E-state index in [2.05, 4.69) is 21.2 Å². The van der Waals surface area contributed by atoms with Crippen LogP contribution in [0.15, 0.2) is 34.9 Å². The van der Waals surface area contributed by atoms with Gasteiger partial charge < -0.3 is 15.0 Å².